The molecule has 1 N–H and O–H groups in total. The molecule has 1 aliphatic rings. The molecule has 0 unspecified atom stereocenters. The van der Waals surface area contributed by atoms with E-state index in [-0.39, 0.29) is 23.7 Å². The molecule has 1 fully saturated rings. The summed E-state index contributed by atoms with van der Waals surface area (Å²) in [5, 5.41) is 3.93. The summed E-state index contributed by atoms with van der Waals surface area (Å²) in [6.45, 7) is 0. The first-order chi connectivity index (χ1) is 9.13. The van der Waals surface area contributed by atoms with E-state index in [1.165, 1.54) is 18.6 Å². The highest BCUT2D eigenvalue weighted by atomic mass is 79.9. The molecule has 0 radical (unpaired) electrons. The molecule has 2 rings (SSSR count). The van der Waals surface area contributed by atoms with Crippen molar-refractivity contribution in [1.82, 2.24) is 5.32 Å². The Balaban J connectivity index is 1.96. The first-order valence-electron chi connectivity index (χ1n) is 6.75. The smallest absolute Gasteiger partial charge is 0.224 e. The van der Waals surface area contributed by atoms with Crippen LogP contribution in [0.5, 0.6) is 0 Å². The van der Waals surface area contributed by atoms with Crippen LogP contribution in [0, 0.1) is 5.82 Å². The van der Waals surface area contributed by atoms with Crippen molar-refractivity contribution in [1.29, 1.82) is 0 Å². The number of nitrogens with one attached hydrogen (secondary N) is 1. The Morgan fingerprint density at radius 2 is 2.05 bits per heavy atom. The number of benzene rings is 1. The Morgan fingerprint density at radius 3 is 2.68 bits per heavy atom. The van der Waals surface area contributed by atoms with Gasteiger partial charge in [-0.05, 0) is 30.5 Å². The van der Waals surface area contributed by atoms with Gasteiger partial charge in [-0.25, -0.2) is 4.39 Å². The minimum absolute atomic E-state index is 0.0213. The number of carbonyl (C=O) groups is 1. The summed E-state index contributed by atoms with van der Waals surface area (Å²) in [6.07, 6.45) is 5.85. The molecule has 2 nitrogen and oxygen atoms in total. The van der Waals surface area contributed by atoms with Gasteiger partial charge in [0.2, 0.25) is 5.91 Å². The standard InChI is InChI=1S/C15H19BrFNO/c16-11-15(7-2-1-3-8-15)18-14(19)10-12-5-4-6-13(17)9-12/h4-6,9H,1-3,7-8,10-11H2,(H,18,19). The molecule has 1 amide bonds. The fraction of sp³-hybridized carbons (Fsp3) is 0.533. The second-order valence-corrected chi connectivity index (χ2v) is 5.89. The second-order valence-electron chi connectivity index (χ2n) is 5.33. The van der Waals surface area contributed by atoms with Crippen molar-refractivity contribution < 1.29 is 9.18 Å². The van der Waals surface area contributed by atoms with Crippen molar-refractivity contribution in [2.75, 3.05) is 5.33 Å². The summed E-state index contributed by atoms with van der Waals surface area (Å²) in [7, 11) is 0. The van der Waals surface area contributed by atoms with Gasteiger partial charge >= 0.3 is 0 Å². The maximum Gasteiger partial charge on any atom is 0.224 e. The van der Waals surface area contributed by atoms with Gasteiger partial charge in [-0.2, -0.15) is 0 Å². The van der Waals surface area contributed by atoms with E-state index in [9.17, 15) is 9.18 Å². The summed E-state index contributed by atoms with van der Waals surface area (Å²) in [4.78, 5) is 12.1. The van der Waals surface area contributed by atoms with Crippen molar-refractivity contribution in [3.8, 4) is 0 Å². The van der Waals surface area contributed by atoms with Crippen LogP contribution in [0.15, 0.2) is 24.3 Å². The van der Waals surface area contributed by atoms with Crippen LogP contribution in [0.2, 0.25) is 0 Å². The van der Waals surface area contributed by atoms with Gasteiger partial charge in [0.1, 0.15) is 5.82 Å². The molecule has 4 heteroatoms. The van der Waals surface area contributed by atoms with Crippen molar-refractivity contribution in [3.63, 3.8) is 0 Å². The number of halogens is 2. The first-order valence-corrected chi connectivity index (χ1v) is 7.87. The number of carbonyl (C=O) groups excluding carboxylic acids is 1. The topological polar surface area (TPSA) is 29.1 Å². The molecule has 19 heavy (non-hydrogen) atoms. The summed E-state index contributed by atoms with van der Waals surface area (Å²) in [5.41, 5.74) is 0.612. The van der Waals surface area contributed by atoms with Crippen LogP contribution >= 0.6 is 15.9 Å². The zero-order chi connectivity index (χ0) is 13.7. The highest BCUT2D eigenvalue weighted by molar-refractivity contribution is 9.09. The zero-order valence-corrected chi connectivity index (χ0v) is 12.5. The second kappa shape index (κ2) is 6.51. The third-order valence-corrected chi connectivity index (χ3v) is 4.80. The van der Waals surface area contributed by atoms with E-state index in [2.05, 4.69) is 21.2 Å². The number of alkyl halides is 1. The van der Waals surface area contributed by atoms with E-state index in [1.54, 1.807) is 12.1 Å². The molecular formula is C15H19BrFNO. The average molecular weight is 328 g/mol. The number of hydrogen-bond acceptors (Lipinski definition) is 1. The minimum Gasteiger partial charge on any atom is -0.350 e. The van der Waals surface area contributed by atoms with Crippen molar-refractivity contribution in [2.45, 2.75) is 44.1 Å². The van der Waals surface area contributed by atoms with Crippen LogP contribution in [-0.2, 0) is 11.2 Å². The summed E-state index contributed by atoms with van der Waals surface area (Å²) < 4.78 is 13.1. The molecule has 1 saturated carbocycles. The molecule has 0 atom stereocenters. The molecule has 0 spiro atoms. The van der Waals surface area contributed by atoms with Crippen molar-refractivity contribution in [2.24, 2.45) is 0 Å². The fourth-order valence-corrected chi connectivity index (χ4v) is 3.39. The molecule has 1 aromatic rings. The average Bonchev–Trinajstić information content (AvgIpc) is 2.39. The van der Waals surface area contributed by atoms with Gasteiger partial charge in [0, 0.05) is 10.9 Å². The van der Waals surface area contributed by atoms with Gasteiger partial charge in [0.15, 0.2) is 0 Å². The highest BCUT2D eigenvalue weighted by Gasteiger charge is 2.32. The maximum atomic E-state index is 13.1. The third-order valence-electron chi connectivity index (χ3n) is 3.72. The van der Waals surface area contributed by atoms with E-state index in [0.717, 1.165) is 36.6 Å². The summed E-state index contributed by atoms with van der Waals surface area (Å²) >= 11 is 3.52. The van der Waals surface area contributed by atoms with Crippen LogP contribution in [0.4, 0.5) is 4.39 Å². The predicted octanol–water partition coefficient (Wildman–Crippen LogP) is 3.58. The van der Waals surface area contributed by atoms with Crippen LogP contribution < -0.4 is 5.32 Å². The largest absolute Gasteiger partial charge is 0.350 e. The van der Waals surface area contributed by atoms with E-state index in [1.807, 2.05) is 0 Å². The maximum absolute atomic E-state index is 13.1. The van der Waals surface area contributed by atoms with Gasteiger partial charge < -0.3 is 5.32 Å². The summed E-state index contributed by atoms with van der Waals surface area (Å²) in [5.74, 6) is -0.315. The van der Waals surface area contributed by atoms with Gasteiger partial charge in [0.25, 0.3) is 0 Å². The van der Waals surface area contributed by atoms with Crippen molar-refractivity contribution in [3.05, 3.63) is 35.6 Å². The third kappa shape index (κ3) is 4.03. The quantitative estimate of drug-likeness (QED) is 0.841. The lowest BCUT2D eigenvalue weighted by molar-refractivity contribution is -0.122. The monoisotopic (exact) mass is 327 g/mol. The van der Waals surface area contributed by atoms with Crippen molar-refractivity contribution >= 4 is 21.8 Å². The molecule has 0 bridgehead atoms. The SMILES string of the molecule is O=C(Cc1cccc(F)c1)NC1(CBr)CCCCC1. The normalized spacial score (nSPS) is 18.0. The van der Waals surface area contributed by atoms with Crippen LogP contribution in [-0.4, -0.2) is 16.8 Å². The van der Waals surface area contributed by atoms with Crippen LogP contribution in [0.25, 0.3) is 0 Å². The Bertz CT molecular complexity index is 444. The fourth-order valence-electron chi connectivity index (χ4n) is 2.69. The lowest BCUT2D eigenvalue weighted by Gasteiger charge is -2.36. The molecular weight excluding hydrogens is 309 g/mol. The Morgan fingerprint density at radius 1 is 1.32 bits per heavy atom. The highest BCUT2D eigenvalue weighted by Crippen LogP contribution is 2.29. The Hall–Kier alpha value is -0.900. The molecule has 0 aromatic heterocycles. The molecule has 1 aliphatic carbocycles. The molecule has 0 aliphatic heterocycles. The molecule has 0 heterocycles. The molecule has 1 aromatic carbocycles. The molecule has 0 saturated heterocycles. The molecule has 104 valence electrons. The number of hydrogen-bond donors (Lipinski definition) is 1. The van der Waals surface area contributed by atoms with E-state index in [4.69, 9.17) is 0 Å². The van der Waals surface area contributed by atoms with Gasteiger partial charge in [0.05, 0.1) is 6.42 Å². The van der Waals surface area contributed by atoms with E-state index >= 15 is 0 Å². The lowest BCUT2D eigenvalue weighted by atomic mass is 9.83. The van der Waals surface area contributed by atoms with E-state index in [0.29, 0.717) is 0 Å². The predicted molar refractivity (Wildman–Crippen MR) is 77.9 cm³/mol. The number of rotatable bonds is 4. The minimum atomic E-state index is -0.293. The van der Waals surface area contributed by atoms with Gasteiger partial charge in [-0.15, -0.1) is 0 Å². The summed E-state index contributed by atoms with van der Waals surface area (Å²) in [6, 6.07) is 6.23. The lowest BCUT2D eigenvalue weighted by Crippen LogP contribution is -2.51. The zero-order valence-electron chi connectivity index (χ0n) is 10.9. The van der Waals surface area contributed by atoms with Crippen LogP contribution in [0.1, 0.15) is 37.7 Å². The van der Waals surface area contributed by atoms with E-state index < -0.39 is 0 Å². The van der Waals surface area contributed by atoms with Gasteiger partial charge in [-0.3, -0.25) is 4.79 Å². The van der Waals surface area contributed by atoms with Crippen LogP contribution in [0.3, 0.4) is 0 Å². The first kappa shape index (κ1) is 14.5. The number of amides is 1. The Kier molecular flexibility index (Phi) is 4.97. The van der Waals surface area contributed by atoms with Gasteiger partial charge in [-0.1, -0.05) is 47.3 Å². The Labute approximate surface area is 121 Å².